The maximum Gasteiger partial charge on any atom is 0.0701 e. The Kier molecular flexibility index (Phi) is 4.52. The van der Waals surface area contributed by atoms with Gasteiger partial charge >= 0.3 is 0 Å². The van der Waals surface area contributed by atoms with E-state index in [0.29, 0.717) is 11.3 Å². The number of hydrogen-bond donors (Lipinski definition) is 2. The zero-order valence-electron chi connectivity index (χ0n) is 8.41. The Hall–Kier alpha value is 0.450. The van der Waals surface area contributed by atoms with Gasteiger partial charge in [-0.2, -0.15) is 11.8 Å². The number of hydrazine groups is 1. The smallest absolute Gasteiger partial charge is 0.0701 e. The van der Waals surface area contributed by atoms with Crippen LogP contribution in [0.1, 0.15) is 17.7 Å². The molecule has 5 heteroatoms. The maximum atomic E-state index is 5.64. The molecule has 0 bridgehead atoms. The van der Waals surface area contributed by atoms with E-state index in [1.165, 1.54) is 27.3 Å². The third-order valence-electron chi connectivity index (χ3n) is 2.68. The number of rotatable bonds is 4. The molecule has 0 spiro atoms. The topological polar surface area (TPSA) is 38.0 Å². The van der Waals surface area contributed by atoms with Crippen molar-refractivity contribution >= 4 is 39.0 Å². The average molecular weight is 307 g/mol. The Morgan fingerprint density at radius 3 is 3.00 bits per heavy atom. The van der Waals surface area contributed by atoms with Crippen LogP contribution in [0.2, 0.25) is 0 Å². The molecule has 2 atom stereocenters. The van der Waals surface area contributed by atoms with Crippen LogP contribution in [0.5, 0.6) is 0 Å². The zero-order valence-corrected chi connectivity index (χ0v) is 11.6. The molecule has 84 valence electrons. The fourth-order valence-electron chi connectivity index (χ4n) is 1.90. The third kappa shape index (κ3) is 3.20. The number of thioether (sulfide) groups is 1. The van der Waals surface area contributed by atoms with Gasteiger partial charge in [-0.25, -0.2) is 0 Å². The van der Waals surface area contributed by atoms with Crippen molar-refractivity contribution in [2.45, 2.75) is 30.6 Å². The van der Waals surface area contributed by atoms with Gasteiger partial charge in [0.25, 0.3) is 0 Å². The first-order chi connectivity index (χ1) is 7.29. The molecule has 1 aromatic rings. The van der Waals surface area contributed by atoms with E-state index in [-0.39, 0.29) is 0 Å². The fourth-order valence-corrected chi connectivity index (χ4v) is 4.81. The van der Waals surface area contributed by atoms with Crippen molar-refractivity contribution in [1.82, 2.24) is 5.43 Å². The van der Waals surface area contributed by atoms with Crippen LogP contribution in [0, 0.1) is 0 Å². The van der Waals surface area contributed by atoms with Crippen LogP contribution in [0.25, 0.3) is 0 Å². The van der Waals surface area contributed by atoms with Crippen molar-refractivity contribution in [3.05, 3.63) is 20.8 Å². The Balaban J connectivity index is 1.95. The zero-order chi connectivity index (χ0) is 10.7. The largest absolute Gasteiger partial charge is 0.271 e. The molecule has 2 rings (SSSR count). The van der Waals surface area contributed by atoms with Crippen molar-refractivity contribution in [2.75, 3.05) is 5.75 Å². The van der Waals surface area contributed by atoms with Gasteiger partial charge in [0.05, 0.1) is 3.79 Å². The maximum absolute atomic E-state index is 5.64. The summed E-state index contributed by atoms with van der Waals surface area (Å²) in [6, 6.07) is 4.71. The molecule has 0 saturated carbocycles. The van der Waals surface area contributed by atoms with Crippen LogP contribution < -0.4 is 11.3 Å². The molecule has 0 amide bonds. The third-order valence-corrected chi connectivity index (χ3v) is 5.84. The van der Waals surface area contributed by atoms with Gasteiger partial charge in [0, 0.05) is 16.2 Å². The molecular formula is C10H15BrN2S2. The molecule has 1 aliphatic rings. The predicted octanol–water partition coefficient (Wildman–Crippen LogP) is 2.78. The lowest BCUT2D eigenvalue weighted by atomic mass is 10.1. The van der Waals surface area contributed by atoms with E-state index in [1.54, 1.807) is 11.3 Å². The highest BCUT2D eigenvalue weighted by atomic mass is 79.9. The molecular weight excluding hydrogens is 292 g/mol. The van der Waals surface area contributed by atoms with Crippen molar-refractivity contribution in [1.29, 1.82) is 0 Å². The number of nitrogens with two attached hydrogens (primary N) is 1. The molecule has 0 radical (unpaired) electrons. The molecule has 1 saturated heterocycles. The number of halogens is 1. The number of thiophene rings is 1. The average Bonchev–Trinajstić information content (AvgIpc) is 2.85. The summed E-state index contributed by atoms with van der Waals surface area (Å²) in [6.45, 7) is 0. The lowest BCUT2D eigenvalue weighted by Gasteiger charge is -2.21. The number of nitrogens with one attached hydrogen (secondary N) is 1. The molecule has 0 aliphatic carbocycles. The molecule has 2 unspecified atom stereocenters. The Morgan fingerprint density at radius 1 is 1.60 bits per heavy atom. The van der Waals surface area contributed by atoms with Gasteiger partial charge < -0.3 is 0 Å². The summed E-state index contributed by atoms with van der Waals surface area (Å²) < 4.78 is 1.20. The Labute approximate surface area is 107 Å². The van der Waals surface area contributed by atoms with Crippen LogP contribution in [0.15, 0.2) is 15.9 Å². The minimum Gasteiger partial charge on any atom is -0.271 e. The second-order valence-electron chi connectivity index (χ2n) is 3.73. The normalized spacial score (nSPS) is 23.2. The van der Waals surface area contributed by atoms with Crippen LogP contribution in [-0.4, -0.2) is 17.0 Å². The lowest BCUT2D eigenvalue weighted by molar-refractivity contribution is 0.498. The minimum absolute atomic E-state index is 0.419. The molecule has 15 heavy (non-hydrogen) atoms. The summed E-state index contributed by atoms with van der Waals surface area (Å²) in [7, 11) is 0. The SMILES string of the molecule is NNC(Cc1ccc(Br)s1)C1CCCS1. The van der Waals surface area contributed by atoms with Crippen molar-refractivity contribution in [3.8, 4) is 0 Å². The molecule has 1 aromatic heterocycles. The molecule has 2 heterocycles. The fraction of sp³-hybridized carbons (Fsp3) is 0.600. The first-order valence-corrected chi connectivity index (χ1v) is 7.77. The van der Waals surface area contributed by atoms with E-state index in [9.17, 15) is 0 Å². The van der Waals surface area contributed by atoms with Crippen LogP contribution in [0.3, 0.4) is 0 Å². The van der Waals surface area contributed by atoms with Crippen molar-refractivity contribution in [2.24, 2.45) is 5.84 Å². The summed E-state index contributed by atoms with van der Waals surface area (Å²) in [4.78, 5) is 1.40. The summed E-state index contributed by atoms with van der Waals surface area (Å²) in [5.41, 5.74) is 2.97. The van der Waals surface area contributed by atoms with Crippen LogP contribution in [0.4, 0.5) is 0 Å². The highest BCUT2D eigenvalue weighted by Crippen LogP contribution is 2.31. The van der Waals surface area contributed by atoms with E-state index < -0.39 is 0 Å². The van der Waals surface area contributed by atoms with Crippen LogP contribution >= 0.6 is 39.0 Å². The Bertz CT molecular complexity index is 310. The molecule has 2 nitrogen and oxygen atoms in total. The van der Waals surface area contributed by atoms with E-state index >= 15 is 0 Å². The van der Waals surface area contributed by atoms with Crippen LogP contribution in [-0.2, 0) is 6.42 Å². The van der Waals surface area contributed by atoms with E-state index in [2.05, 4.69) is 45.3 Å². The second kappa shape index (κ2) is 5.68. The van der Waals surface area contributed by atoms with Gasteiger partial charge in [-0.3, -0.25) is 11.3 Å². The summed E-state index contributed by atoms with van der Waals surface area (Å²) in [5, 5.41) is 0.691. The quantitative estimate of drug-likeness (QED) is 0.663. The molecule has 1 aliphatic heterocycles. The standard InChI is InChI=1S/C10H15BrN2S2/c11-10-4-3-7(15-10)6-8(13-12)9-2-1-5-14-9/h3-4,8-9,13H,1-2,5-6,12H2. The van der Waals surface area contributed by atoms with Crippen molar-refractivity contribution in [3.63, 3.8) is 0 Å². The van der Waals surface area contributed by atoms with E-state index in [1.807, 2.05) is 0 Å². The lowest BCUT2D eigenvalue weighted by Crippen LogP contribution is -2.43. The van der Waals surface area contributed by atoms with Crippen molar-refractivity contribution < 1.29 is 0 Å². The highest BCUT2D eigenvalue weighted by Gasteiger charge is 2.25. The summed E-state index contributed by atoms with van der Waals surface area (Å²) >= 11 is 7.34. The Morgan fingerprint density at radius 2 is 2.47 bits per heavy atom. The number of hydrogen-bond acceptors (Lipinski definition) is 4. The summed E-state index contributed by atoms with van der Waals surface area (Å²) in [6.07, 6.45) is 3.68. The minimum atomic E-state index is 0.419. The van der Waals surface area contributed by atoms with Gasteiger partial charge in [-0.15, -0.1) is 11.3 Å². The van der Waals surface area contributed by atoms with Gasteiger partial charge in [-0.05, 0) is 53.1 Å². The summed E-state index contributed by atoms with van der Waals surface area (Å²) in [5.74, 6) is 6.93. The highest BCUT2D eigenvalue weighted by molar-refractivity contribution is 9.11. The van der Waals surface area contributed by atoms with Gasteiger partial charge in [0.2, 0.25) is 0 Å². The first-order valence-electron chi connectivity index (χ1n) is 5.11. The second-order valence-corrected chi connectivity index (χ2v) is 7.63. The van der Waals surface area contributed by atoms with Gasteiger partial charge in [0.15, 0.2) is 0 Å². The molecule has 1 fully saturated rings. The first kappa shape index (κ1) is 11.9. The molecule has 0 aromatic carbocycles. The van der Waals surface area contributed by atoms with E-state index in [0.717, 1.165) is 6.42 Å². The molecule has 3 N–H and O–H groups in total. The van der Waals surface area contributed by atoms with E-state index in [4.69, 9.17) is 5.84 Å². The van der Waals surface area contributed by atoms with Gasteiger partial charge in [-0.1, -0.05) is 0 Å². The monoisotopic (exact) mass is 306 g/mol. The predicted molar refractivity (Wildman–Crippen MR) is 72.3 cm³/mol. The van der Waals surface area contributed by atoms with Gasteiger partial charge in [0.1, 0.15) is 0 Å².